The molecule has 0 saturated carbocycles. The van der Waals surface area contributed by atoms with Crippen LogP contribution in [0.5, 0.6) is 0 Å². The third-order valence-electron chi connectivity index (χ3n) is 4.88. The number of ether oxygens (including phenoxy) is 1. The van der Waals surface area contributed by atoms with Gasteiger partial charge in [-0.05, 0) is 49.7 Å². The second kappa shape index (κ2) is 9.23. The van der Waals surface area contributed by atoms with Crippen molar-refractivity contribution >= 4 is 23.6 Å². The number of aryl methyl sites for hydroxylation is 1. The van der Waals surface area contributed by atoms with Crippen molar-refractivity contribution in [1.29, 1.82) is 0 Å². The zero-order chi connectivity index (χ0) is 20.8. The van der Waals surface area contributed by atoms with Gasteiger partial charge >= 0.3 is 6.09 Å². The van der Waals surface area contributed by atoms with Crippen molar-refractivity contribution in [3.05, 3.63) is 65.2 Å². The van der Waals surface area contributed by atoms with E-state index in [0.717, 1.165) is 11.3 Å². The molecule has 7 heteroatoms. The van der Waals surface area contributed by atoms with Gasteiger partial charge in [-0.1, -0.05) is 18.2 Å². The Morgan fingerprint density at radius 2 is 1.48 bits per heavy atom. The smallest absolute Gasteiger partial charge is 0.409 e. The molecule has 1 aliphatic heterocycles. The second-order valence-electron chi connectivity index (χ2n) is 6.82. The molecule has 29 heavy (non-hydrogen) atoms. The molecule has 0 atom stereocenters. The molecular weight excluding hydrogens is 370 g/mol. The molecule has 1 N–H and O–H groups in total. The Kier molecular flexibility index (Phi) is 6.49. The molecule has 1 fully saturated rings. The van der Waals surface area contributed by atoms with Crippen LogP contribution in [0, 0.1) is 6.92 Å². The van der Waals surface area contributed by atoms with Gasteiger partial charge in [0.2, 0.25) is 0 Å². The molecule has 152 valence electrons. The van der Waals surface area contributed by atoms with Gasteiger partial charge in [0.05, 0.1) is 6.61 Å². The Balaban J connectivity index is 1.58. The number of hydrogen-bond acceptors (Lipinski definition) is 4. The number of para-hydroxylation sites is 1. The van der Waals surface area contributed by atoms with Crippen LogP contribution in [0.4, 0.5) is 10.5 Å². The van der Waals surface area contributed by atoms with Gasteiger partial charge in [0.1, 0.15) is 0 Å². The second-order valence-corrected chi connectivity index (χ2v) is 6.82. The number of anilines is 1. The topological polar surface area (TPSA) is 79.0 Å². The number of carbonyl (C=O) groups is 3. The quantitative estimate of drug-likeness (QED) is 0.863. The summed E-state index contributed by atoms with van der Waals surface area (Å²) in [5, 5.41) is 2.88. The van der Waals surface area contributed by atoms with Gasteiger partial charge in [0, 0.05) is 43.0 Å². The SMILES string of the molecule is CCOC(=O)N1CCN(C(=O)c2ccc(C(=O)Nc3ccccc3C)cc2)CC1. The molecule has 0 aliphatic carbocycles. The Bertz CT molecular complexity index is 887. The van der Waals surface area contributed by atoms with Crippen LogP contribution >= 0.6 is 0 Å². The summed E-state index contributed by atoms with van der Waals surface area (Å²) in [5.41, 5.74) is 2.74. The number of nitrogens with one attached hydrogen (secondary N) is 1. The van der Waals surface area contributed by atoms with E-state index in [0.29, 0.717) is 43.9 Å². The first kappa shape index (κ1) is 20.4. The largest absolute Gasteiger partial charge is 0.450 e. The highest BCUT2D eigenvalue weighted by Gasteiger charge is 2.25. The predicted octanol–water partition coefficient (Wildman–Crippen LogP) is 3.16. The van der Waals surface area contributed by atoms with E-state index in [1.165, 1.54) is 0 Å². The maximum atomic E-state index is 12.7. The Hall–Kier alpha value is -3.35. The van der Waals surface area contributed by atoms with Crippen LogP contribution in [-0.2, 0) is 4.74 Å². The number of rotatable bonds is 4. The van der Waals surface area contributed by atoms with E-state index >= 15 is 0 Å². The molecule has 3 amide bonds. The number of amides is 3. The van der Waals surface area contributed by atoms with Gasteiger partial charge in [-0.15, -0.1) is 0 Å². The number of nitrogens with zero attached hydrogens (tertiary/aromatic N) is 2. The third-order valence-corrected chi connectivity index (χ3v) is 4.88. The molecule has 0 spiro atoms. The predicted molar refractivity (Wildman–Crippen MR) is 110 cm³/mol. The molecule has 0 aromatic heterocycles. The summed E-state index contributed by atoms with van der Waals surface area (Å²) in [7, 11) is 0. The molecule has 2 aromatic rings. The van der Waals surface area contributed by atoms with Crippen LogP contribution in [0.25, 0.3) is 0 Å². The fourth-order valence-electron chi connectivity index (χ4n) is 3.16. The average Bonchev–Trinajstić information content (AvgIpc) is 2.75. The number of benzene rings is 2. The van der Waals surface area contributed by atoms with E-state index in [-0.39, 0.29) is 17.9 Å². The monoisotopic (exact) mass is 395 g/mol. The molecular formula is C22H25N3O4. The molecule has 7 nitrogen and oxygen atoms in total. The summed E-state index contributed by atoms with van der Waals surface area (Å²) >= 11 is 0. The molecule has 1 aliphatic rings. The van der Waals surface area contributed by atoms with Crippen LogP contribution < -0.4 is 5.32 Å². The van der Waals surface area contributed by atoms with Crippen molar-refractivity contribution in [2.24, 2.45) is 0 Å². The van der Waals surface area contributed by atoms with E-state index in [4.69, 9.17) is 4.74 Å². The maximum Gasteiger partial charge on any atom is 0.409 e. The summed E-state index contributed by atoms with van der Waals surface area (Å²) in [6.07, 6.45) is -0.344. The summed E-state index contributed by atoms with van der Waals surface area (Å²) in [6.45, 7) is 5.83. The van der Waals surface area contributed by atoms with Crippen LogP contribution in [-0.4, -0.2) is 60.5 Å². The van der Waals surface area contributed by atoms with Crippen LogP contribution in [0.2, 0.25) is 0 Å². The third kappa shape index (κ3) is 4.93. The molecule has 1 saturated heterocycles. The van der Waals surface area contributed by atoms with Crippen molar-refractivity contribution in [2.45, 2.75) is 13.8 Å². The van der Waals surface area contributed by atoms with E-state index in [1.54, 1.807) is 41.0 Å². The normalized spacial score (nSPS) is 13.7. The van der Waals surface area contributed by atoms with Gasteiger partial charge in [-0.2, -0.15) is 0 Å². The van der Waals surface area contributed by atoms with Gasteiger partial charge in [-0.25, -0.2) is 4.79 Å². The maximum absolute atomic E-state index is 12.7. The summed E-state index contributed by atoms with van der Waals surface area (Å²) in [6, 6.07) is 14.2. The Labute approximate surface area is 170 Å². The minimum atomic E-state index is -0.344. The van der Waals surface area contributed by atoms with E-state index in [9.17, 15) is 14.4 Å². The van der Waals surface area contributed by atoms with Crippen molar-refractivity contribution in [1.82, 2.24) is 9.80 Å². The highest BCUT2D eigenvalue weighted by Crippen LogP contribution is 2.16. The lowest BCUT2D eigenvalue weighted by Crippen LogP contribution is -2.50. The first-order valence-corrected chi connectivity index (χ1v) is 9.67. The summed E-state index contributed by atoms with van der Waals surface area (Å²) < 4.78 is 4.99. The van der Waals surface area contributed by atoms with E-state index in [1.807, 2.05) is 31.2 Å². The van der Waals surface area contributed by atoms with Crippen molar-refractivity contribution in [3.63, 3.8) is 0 Å². The number of piperazine rings is 1. The lowest BCUT2D eigenvalue weighted by molar-refractivity contribution is 0.0570. The van der Waals surface area contributed by atoms with E-state index in [2.05, 4.69) is 5.32 Å². The molecule has 0 unspecified atom stereocenters. The van der Waals surface area contributed by atoms with Gasteiger partial charge in [-0.3, -0.25) is 9.59 Å². The average molecular weight is 395 g/mol. The Morgan fingerprint density at radius 1 is 0.897 bits per heavy atom. The van der Waals surface area contributed by atoms with Crippen LogP contribution in [0.15, 0.2) is 48.5 Å². The number of hydrogen-bond donors (Lipinski definition) is 1. The van der Waals surface area contributed by atoms with Crippen molar-refractivity contribution < 1.29 is 19.1 Å². The highest BCUT2D eigenvalue weighted by atomic mass is 16.6. The fourth-order valence-corrected chi connectivity index (χ4v) is 3.16. The Morgan fingerprint density at radius 3 is 2.10 bits per heavy atom. The number of carbonyl (C=O) groups excluding carboxylic acids is 3. The lowest BCUT2D eigenvalue weighted by atomic mass is 10.1. The molecule has 0 bridgehead atoms. The standard InChI is InChI=1S/C22H25N3O4/c1-3-29-22(28)25-14-12-24(13-15-25)21(27)18-10-8-17(9-11-18)20(26)23-19-7-5-4-6-16(19)2/h4-11H,3,12-15H2,1-2H3,(H,23,26). The zero-order valence-electron chi connectivity index (χ0n) is 16.7. The fraction of sp³-hybridized carbons (Fsp3) is 0.318. The van der Waals surface area contributed by atoms with Crippen LogP contribution in [0.3, 0.4) is 0 Å². The minimum Gasteiger partial charge on any atom is -0.450 e. The summed E-state index contributed by atoms with van der Waals surface area (Å²) in [4.78, 5) is 40.2. The molecule has 0 radical (unpaired) electrons. The van der Waals surface area contributed by atoms with Gasteiger partial charge < -0.3 is 19.9 Å². The van der Waals surface area contributed by atoms with Crippen molar-refractivity contribution in [3.8, 4) is 0 Å². The summed E-state index contributed by atoms with van der Waals surface area (Å²) in [5.74, 6) is -0.333. The van der Waals surface area contributed by atoms with E-state index < -0.39 is 0 Å². The highest BCUT2D eigenvalue weighted by molar-refractivity contribution is 6.05. The van der Waals surface area contributed by atoms with Crippen molar-refractivity contribution in [2.75, 3.05) is 38.1 Å². The molecule has 2 aromatic carbocycles. The first-order chi connectivity index (χ1) is 14.0. The van der Waals surface area contributed by atoms with Crippen LogP contribution in [0.1, 0.15) is 33.2 Å². The minimum absolute atomic E-state index is 0.112. The lowest BCUT2D eigenvalue weighted by Gasteiger charge is -2.34. The van der Waals surface area contributed by atoms with Gasteiger partial charge in [0.15, 0.2) is 0 Å². The molecule has 3 rings (SSSR count). The first-order valence-electron chi connectivity index (χ1n) is 9.67. The van der Waals surface area contributed by atoms with Gasteiger partial charge in [0.25, 0.3) is 11.8 Å². The molecule has 1 heterocycles. The zero-order valence-corrected chi connectivity index (χ0v) is 16.7.